The molecule has 5 heteroatoms. The van der Waals surface area contributed by atoms with E-state index in [0.29, 0.717) is 19.6 Å². The summed E-state index contributed by atoms with van der Waals surface area (Å²) in [6, 6.07) is 8.29. The maximum Gasteiger partial charge on any atom is 0.334 e. The summed E-state index contributed by atoms with van der Waals surface area (Å²) in [6.07, 6.45) is 1.19. The fraction of sp³-hybridized carbons (Fsp3) is 0.500. The van der Waals surface area contributed by atoms with E-state index in [1.807, 2.05) is 6.92 Å². The van der Waals surface area contributed by atoms with Crippen molar-refractivity contribution in [2.75, 3.05) is 19.7 Å². The molecule has 1 amide bonds. The Bertz CT molecular complexity index is 498. The zero-order chi connectivity index (χ0) is 15.2. The van der Waals surface area contributed by atoms with Crippen LogP contribution in [0.25, 0.3) is 0 Å². The number of ether oxygens (including phenoxy) is 1. The maximum atomic E-state index is 12.1. The van der Waals surface area contributed by atoms with Gasteiger partial charge in [-0.05, 0) is 25.3 Å². The maximum absolute atomic E-state index is 12.1. The zero-order valence-corrected chi connectivity index (χ0v) is 12.2. The minimum atomic E-state index is -1.01. The number of carboxylic acids is 1. The summed E-state index contributed by atoms with van der Waals surface area (Å²) in [5.74, 6) is -0.996. The molecule has 0 saturated carbocycles. The highest BCUT2D eigenvalue weighted by atomic mass is 16.5. The molecule has 1 heterocycles. The third-order valence-electron chi connectivity index (χ3n) is 3.67. The zero-order valence-electron chi connectivity index (χ0n) is 12.2. The Labute approximate surface area is 124 Å². The van der Waals surface area contributed by atoms with Crippen molar-refractivity contribution in [2.24, 2.45) is 0 Å². The van der Waals surface area contributed by atoms with Gasteiger partial charge in [-0.15, -0.1) is 0 Å². The van der Waals surface area contributed by atoms with E-state index in [2.05, 4.69) is 24.3 Å². The molecule has 0 bridgehead atoms. The number of rotatable bonds is 5. The number of amides is 1. The minimum absolute atomic E-state index is 0.0108. The normalized spacial score (nSPS) is 18.5. The van der Waals surface area contributed by atoms with E-state index in [9.17, 15) is 9.59 Å². The Morgan fingerprint density at radius 1 is 1.33 bits per heavy atom. The third kappa shape index (κ3) is 4.56. The summed E-state index contributed by atoms with van der Waals surface area (Å²) in [6.45, 7) is 2.97. The first-order valence-corrected chi connectivity index (χ1v) is 7.24. The number of nitrogens with zero attached hydrogens (tertiary/aromatic N) is 1. The number of aliphatic carboxylic acids is 1. The van der Waals surface area contributed by atoms with Gasteiger partial charge in [0.2, 0.25) is 5.91 Å². The van der Waals surface area contributed by atoms with Crippen molar-refractivity contribution < 1.29 is 19.4 Å². The molecule has 1 saturated heterocycles. The highest BCUT2D eigenvalue weighted by Crippen LogP contribution is 2.11. The van der Waals surface area contributed by atoms with Crippen LogP contribution in [0.15, 0.2) is 24.3 Å². The number of hydrogen-bond acceptors (Lipinski definition) is 3. The molecule has 0 unspecified atom stereocenters. The van der Waals surface area contributed by atoms with E-state index in [-0.39, 0.29) is 12.5 Å². The van der Waals surface area contributed by atoms with Gasteiger partial charge in [0.05, 0.1) is 13.2 Å². The highest BCUT2D eigenvalue weighted by Gasteiger charge is 2.28. The van der Waals surface area contributed by atoms with E-state index < -0.39 is 12.1 Å². The molecule has 0 radical (unpaired) electrons. The summed E-state index contributed by atoms with van der Waals surface area (Å²) in [5, 5.41) is 8.92. The molecule has 2 rings (SSSR count). The third-order valence-corrected chi connectivity index (χ3v) is 3.67. The molecular weight excluding hydrogens is 270 g/mol. The van der Waals surface area contributed by atoms with Crippen LogP contribution in [0.4, 0.5) is 0 Å². The molecule has 1 fully saturated rings. The second kappa shape index (κ2) is 7.22. The van der Waals surface area contributed by atoms with Crippen molar-refractivity contribution >= 4 is 11.9 Å². The lowest BCUT2D eigenvalue weighted by Crippen LogP contribution is -2.48. The minimum Gasteiger partial charge on any atom is -0.479 e. The predicted molar refractivity (Wildman–Crippen MR) is 78.1 cm³/mol. The van der Waals surface area contributed by atoms with Crippen LogP contribution in [0, 0.1) is 6.92 Å². The van der Waals surface area contributed by atoms with Gasteiger partial charge in [0.25, 0.3) is 0 Å². The molecular formula is C16H21NO4. The summed E-state index contributed by atoms with van der Waals surface area (Å²) in [5.41, 5.74) is 2.45. The molecule has 1 aromatic carbocycles. The lowest BCUT2D eigenvalue weighted by atomic mass is 10.1. The molecule has 1 aliphatic heterocycles. The highest BCUT2D eigenvalue weighted by molar-refractivity contribution is 5.78. The van der Waals surface area contributed by atoms with Crippen LogP contribution in [0.1, 0.15) is 24.0 Å². The lowest BCUT2D eigenvalue weighted by Gasteiger charge is -2.30. The number of morpholine rings is 1. The van der Waals surface area contributed by atoms with Crippen LogP contribution in [0.2, 0.25) is 0 Å². The first-order valence-electron chi connectivity index (χ1n) is 7.24. The second-order valence-corrected chi connectivity index (χ2v) is 5.38. The fourth-order valence-corrected chi connectivity index (χ4v) is 2.38. The van der Waals surface area contributed by atoms with Gasteiger partial charge in [-0.3, -0.25) is 4.79 Å². The van der Waals surface area contributed by atoms with Gasteiger partial charge in [-0.2, -0.15) is 0 Å². The molecule has 0 aliphatic carbocycles. The number of carboxylic acid groups (broad SMARTS) is 1. The van der Waals surface area contributed by atoms with Crippen LogP contribution in [0.5, 0.6) is 0 Å². The van der Waals surface area contributed by atoms with Gasteiger partial charge in [0.15, 0.2) is 6.10 Å². The monoisotopic (exact) mass is 291 g/mol. The van der Waals surface area contributed by atoms with Crippen molar-refractivity contribution in [3.8, 4) is 0 Å². The Kier molecular flexibility index (Phi) is 5.33. The van der Waals surface area contributed by atoms with Crippen molar-refractivity contribution in [3.63, 3.8) is 0 Å². The van der Waals surface area contributed by atoms with Crippen LogP contribution in [0.3, 0.4) is 0 Å². The Balaban J connectivity index is 1.76. The summed E-state index contributed by atoms with van der Waals surface area (Å²) in [4.78, 5) is 24.6. The van der Waals surface area contributed by atoms with Gasteiger partial charge >= 0.3 is 5.97 Å². The topological polar surface area (TPSA) is 66.8 Å². The van der Waals surface area contributed by atoms with Gasteiger partial charge in [0, 0.05) is 13.0 Å². The number of hydrogen-bond donors (Lipinski definition) is 1. The molecule has 1 N–H and O–H groups in total. The lowest BCUT2D eigenvalue weighted by molar-refractivity contribution is -0.159. The van der Waals surface area contributed by atoms with Gasteiger partial charge in [-0.25, -0.2) is 4.79 Å². The Morgan fingerprint density at radius 2 is 2.05 bits per heavy atom. The van der Waals surface area contributed by atoms with E-state index in [4.69, 9.17) is 9.84 Å². The van der Waals surface area contributed by atoms with Crippen molar-refractivity contribution in [2.45, 2.75) is 32.3 Å². The largest absolute Gasteiger partial charge is 0.479 e. The number of benzene rings is 1. The molecule has 0 aromatic heterocycles. The molecule has 21 heavy (non-hydrogen) atoms. The second-order valence-electron chi connectivity index (χ2n) is 5.38. The summed E-state index contributed by atoms with van der Waals surface area (Å²) < 4.78 is 5.11. The van der Waals surface area contributed by atoms with Crippen LogP contribution < -0.4 is 0 Å². The summed E-state index contributed by atoms with van der Waals surface area (Å²) >= 11 is 0. The van der Waals surface area contributed by atoms with Crippen molar-refractivity contribution in [3.05, 3.63) is 35.4 Å². The predicted octanol–water partition coefficient (Wildman–Crippen LogP) is 1.63. The molecule has 114 valence electrons. The average molecular weight is 291 g/mol. The Hall–Kier alpha value is -1.88. The average Bonchev–Trinajstić information content (AvgIpc) is 2.49. The SMILES string of the molecule is Cc1ccc(CCCC(=O)N2CCO[C@@H](C(=O)O)C2)cc1. The van der Waals surface area contributed by atoms with Gasteiger partial charge in [0.1, 0.15) is 0 Å². The summed E-state index contributed by atoms with van der Waals surface area (Å²) in [7, 11) is 0. The smallest absolute Gasteiger partial charge is 0.334 e. The molecule has 1 atom stereocenters. The molecule has 0 spiro atoms. The number of carbonyl (C=O) groups is 2. The molecule has 5 nitrogen and oxygen atoms in total. The van der Waals surface area contributed by atoms with Crippen LogP contribution in [-0.2, 0) is 20.7 Å². The van der Waals surface area contributed by atoms with Crippen molar-refractivity contribution in [1.82, 2.24) is 4.90 Å². The molecule has 1 aromatic rings. The van der Waals surface area contributed by atoms with Gasteiger partial charge in [-0.1, -0.05) is 29.8 Å². The van der Waals surface area contributed by atoms with E-state index >= 15 is 0 Å². The number of carbonyl (C=O) groups excluding carboxylic acids is 1. The van der Waals surface area contributed by atoms with Crippen LogP contribution >= 0.6 is 0 Å². The number of aryl methyl sites for hydroxylation is 2. The quantitative estimate of drug-likeness (QED) is 0.895. The van der Waals surface area contributed by atoms with E-state index in [1.165, 1.54) is 11.1 Å². The standard InChI is InChI=1S/C16H21NO4/c1-12-5-7-13(8-6-12)3-2-4-15(18)17-9-10-21-14(11-17)16(19)20/h5-8,14H,2-4,9-11H2,1H3,(H,19,20)/t14-/m1/s1. The van der Waals surface area contributed by atoms with E-state index in [0.717, 1.165) is 12.8 Å². The first-order chi connectivity index (χ1) is 10.1. The van der Waals surface area contributed by atoms with Crippen LogP contribution in [-0.4, -0.2) is 47.7 Å². The van der Waals surface area contributed by atoms with Gasteiger partial charge < -0.3 is 14.7 Å². The molecule has 1 aliphatic rings. The Morgan fingerprint density at radius 3 is 2.71 bits per heavy atom. The van der Waals surface area contributed by atoms with E-state index in [1.54, 1.807) is 4.90 Å². The fourth-order valence-electron chi connectivity index (χ4n) is 2.38. The van der Waals surface area contributed by atoms with Crippen molar-refractivity contribution in [1.29, 1.82) is 0 Å². The first kappa shape index (κ1) is 15.5.